The first kappa shape index (κ1) is 14.7. The van der Waals surface area contributed by atoms with E-state index in [1.165, 1.54) is 12.1 Å². The Morgan fingerprint density at radius 3 is 1.67 bits per heavy atom. The van der Waals surface area contributed by atoms with Gasteiger partial charge in [0.15, 0.2) is 0 Å². The fourth-order valence-corrected chi connectivity index (χ4v) is 1.61. The van der Waals surface area contributed by atoms with Gasteiger partial charge in [0.25, 0.3) is 10.2 Å². The van der Waals surface area contributed by atoms with Crippen molar-refractivity contribution in [3.05, 3.63) is 32.9 Å². The third kappa shape index (κ3) is 10.0. The van der Waals surface area contributed by atoms with Gasteiger partial charge in [-0.2, -0.15) is 8.42 Å². The molecule has 4 N–H and O–H groups in total. The predicted octanol–water partition coefficient (Wildman–Crippen LogP) is 0.856. The number of hydrogen-bond donors (Lipinski definition) is 2. The summed E-state index contributed by atoms with van der Waals surface area (Å²) >= 11 is 2.27. The van der Waals surface area contributed by atoms with E-state index < -0.39 is 30.0 Å². The summed E-state index contributed by atoms with van der Waals surface area (Å²) < 4.78 is 39.6. The number of halogens is 2. The second kappa shape index (κ2) is 6.33. The Balaban J connectivity index is 0.000000336. The minimum absolute atomic E-state index is 0.383. The van der Waals surface area contributed by atoms with Gasteiger partial charge < -0.3 is 0 Å². The molecule has 0 bridgehead atoms. The highest BCUT2D eigenvalue weighted by atomic mass is 127. The summed E-state index contributed by atoms with van der Waals surface area (Å²) in [6.07, 6.45) is 0. The summed E-state index contributed by atoms with van der Waals surface area (Å²) in [5, 5.41) is 8.77. The fraction of sp³-hybridized carbons (Fsp3) is 0. The van der Waals surface area contributed by atoms with Crippen LogP contribution in [0.3, 0.4) is 0 Å². The molecule has 6 nitrogen and oxygen atoms in total. The topological polar surface area (TPSA) is 120 Å². The van der Waals surface area contributed by atoms with Gasteiger partial charge in [-0.15, -0.1) is 0 Å². The minimum atomic E-state index is -3.67. The summed E-state index contributed by atoms with van der Waals surface area (Å²) in [5.41, 5.74) is 0. The molecule has 0 radical (unpaired) electrons. The molecule has 0 aliphatic carbocycles. The summed E-state index contributed by atoms with van der Waals surface area (Å²) in [7, 11) is -3.67. The summed E-state index contributed by atoms with van der Waals surface area (Å²) in [6.45, 7) is 0. The van der Waals surface area contributed by atoms with Gasteiger partial charge in [-0.05, 0) is 24.3 Å². The third-order valence-corrected chi connectivity index (χ3v) is 2.97. The lowest BCUT2D eigenvalue weighted by Crippen LogP contribution is -2.21. The Kier molecular flexibility index (Phi) is 6.20. The number of rotatable bonds is 1. The van der Waals surface area contributed by atoms with Crippen molar-refractivity contribution in [1.82, 2.24) is 0 Å². The van der Waals surface area contributed by atoms with Gasteiger partial charge in [0, 0.05) is 5.02 Å². The highest BCUT2D eigenvalue weighted by molar-refractivity contribution is 14.2. The molecular formula is C6H8ClIN2O4S. The van der Waals surface area contributed by atoms with E-state index in [1.54, 1.807) is 12.1 Å². The standard InChI is InChI=1S/C6H4ClIO2.H4N2O2S/c7-5-1-3-6(4-2-5)8(9)10;1-5(2,3)4/h1-4H;(H4,1,2,3,4). The normalized spacial score (nSPS) is 10.7. The van der Waals surface area contributed by atoms with E-state index in [2.05, 4.69) is 10.3 Å². The largest absolute Gasteiger partial charge is 0.340 e. The molecule has 0 saturated carbocycles. The maximum Gasteiger partial charge on any atom is 0.340 e. The molecule has 9 heteroatoms. The number of hydrogen-bond acceptors (Lipinski definition) is 4. The highest BCUT2D eigenvalue weighted by Crippen LogP contribution is 2.18. The molecule has 1 aromatic carbocycles. The molecule has 0 aromatic heterocycles. The van der Waals surface area contributed by atoms with Gasteiger partial charge in [-0.3, -0.25) is 0 Å². The van der Waals surface area contributed by atoms with Crippen molar-refractivity contribution in [1.29, 1.82) is 0 Å². The van der Waals surface area contributed by atoms with Crippen molar-refractivity contribution in [2.45, 2.75) is 0 Å². The van der Waals surface area contributed by atoms with Gasteiger partial charge in [0.05, 0.1) is 3.57 Å². The maximum atomic E-state index is 10.4. The van der Waals surface area contributed by atoms with E-state index in [-0.39, 0.29) is 0 Å². The van der Waals surface area contributed by atoms with Crippen molar-refractivity contribution in [3.63, 3.8) is 0 Å². The van der Waals surface area contributed by atoms with Crippen LogP contribution < -0.4 is 10.3 Å². The van der Waals surface area contributed by atoms with Crippen LogP contribution in [0.1, 0.15) is 0 Å². The first-order chi connectivity index (χ1) is 6.70. The molecule has 0 heterocycles. The molecule has 0 unspecified atom stereocenters. The van der Waals surface area contributed by atoms with Gasteiger partial charge in [-0.25, -0.2) is 16.4 Å². The van der Waals surface area contributed by atoms with E-state index in [0.717, 1.165) is 0 Å². The van der Waals surface area contributed by atoms with Crippen LogP contribution in [-0.2, 0) is 16.3 Å². The molecule has 86 valence electrons. The molecule has 0 spiro atoms. The Hall–Kier alpha value is -0.290. The summed E-state index contributed by atoms with van der Waals surface area (Å²) in [6, 6.07) is 6.15. The zero-order valence-electron chi connectivity index (χ0n) is 7.26. The molecule has 0 fully saturated rings. The quantitative estimate of drug-likeness (QED) is 0.716. The molecule has 1 aromatic rings. The van der Waals surface area contributed by atoms with Crippen molar-refractivity contribution in [3.8, 4) is 0 Å². The smallest absolute Gasteiger partial charge is 0.230 e. The molecule has 0 atom stereocenters. The predicted molar refractivity (Wildman–Crippen MR) is 62.8 cm³/mol. The van der Waals surface area contributed by atoms with E-state index in [1.807, 2.05) is 0 Å². The van der Waals surface area contributed by atoms with Crippen LogP contribution in [-0.4, -0.2) is 8.42 Å². The highest BCUT2D eigenvalue weighted by Gasteiger charge is 1.95. The average molecular weight is 367 g/mol. The SMILES string of the molecule is NS(N)(=O)=O.O=I(=O)c1ccc(Cl)cc1. The van der Waals surface area contributed by atoms with Crippen molar-refractivity contribution < 1.29 is 14.6 Å². The monoisotopic (exact) mass is 366 g/mol. The zero-order chi connectivity index (χ0) is 12.1. The Morgan fingerprint density at radius 1 is 1.07 bits per heavy atom. The number of benzene rings is 1. The van der Waals surface area contributed by atoms with Crippen LogP contribution in [0.15, 0.2) is 24.3 Å². The van der Waals surface area contributed by atoms with Gasteiger partial charge in [0.2, 0.25) is 0 Å². The lowest BCUT2D eigenvalue weighted by molar-refractivity contribution is 0.599. The third-order valence-electron chi connectivity index (χ3n) is 0.982. The molecule has 1 rings (SSSR count). The molecule has 0 amide bonds. The molecular weight excluding hydrogens is 359 g/mol. The average Bonchev–Trinajstić information content (AvgIpc) is 2.01. The second-order valence-corrected chi connectivity index (χ2v) is 6.34. The second-order valence-electron chi connectivity index (χ2n) is 2.24. The van der Waals surface area contributed by atoms with E-state index in [9.17, 15) is 14.6 Å². The first-order valence-corrected chi connectivity index (χ1v) is 8.14. The fourth-order valence-electron chi connectivity index (χ4n) is 0.532. The molecule has 0 saturated heterocycles. The molecule has 15 heavy (non-hydrogen) atoms. The number of nitrogens with two attached hydrogens (primary N) is 2. The van der Waals surface area contributed by atoms with E-state index in [4.69, 9.17) is 11.6 Å². The lowest BCUT2D eigenvalue weighted by Gasteiger charge is -1.86. The molecule has 0 aliphatic rings. The Labute approximate surface area is 98.9 Å². The molecule has 0 aliphatic heterocycles. The van der Waals surface area contributed by atoms with Crippen molar-refractivity contribution in [2.75, 3.05) is 0 Å². The van der Waals surface area contributed by atoms with Gasteiger partial charge >= 0.3 is 19.8 Å². The summed E-state index contributed by atoms with van der Waals surface area (Å²) in [4.78, 5) is 0. The Morgan fingerprint density at radius 2 is 1.40 bits per heavy atom. The maximum absolute atomic E-state index is 10.4. The Bertz CT molecular complexity index is 466. The van der Waals surface area contributed by atoms with Crippen LogP contribution in [0, 0.1) is 3.57 Å². The van der Waals surface area contributed by atoms with Crippen LogP contribution in [0.25, 0.3) is 0 Å². The minimum Gasteiger partial charge on any atom is -0.230 e. The van der Waals surface area contributed by atoms with Crippen LogP contribution in [0.5, 0.6) is 0 Å². The lowest BCUT2D eigenvalue weighted by atomic mass is 10.4. The van der Waals surface area contributed by atoms with E-state index in [0.29, 0.717) is 8.59 Å². The van der Waals surface area contributed by atoms with Crippen molar-refractivity contribution >= 4 is 41.6 Å². The zero-order valence-corrected chi connectivity index (χ0v) is 11.0. The van der Waals surface area contributed by atoms with Crippen LogP contribution >= 0.6 is 31.4 Å². The van der Waals surface area contributed by atoms with Crippen LogP contribution in [0.4, 0.5) is 0 Å². The van der Waals surface area contributed by atoms with Crippen molar-refractivity contribution in [2.24, 2.45) is 10.3 Å². The van der Waals surface area contributed by atoms with Gasteiger partial charge in [0.1, 0.15) is 0 Å². The van der Waals surface area contributed by atoms with Gasteiger partial charge in [-0.1, -0.05) is 11.6 Å². The van der Waals surface area contributed by atoms with Crippen LogP contribution in [0.2, 0.25) is 5.02 Å². The first-order valence-electron chi connectivity index (χ1n) is 3.31. The van der Waals surface area contributed by atoms with E-state index >= 15 is 0 Å². The summed E-state index contributed by atoms with van der Waals surface area (Å²) in [5.74, 6) is 0.